The fourth-order valence-electron chi connectivity index (χ4n) is 2.99. The second-order valence-electron chi connectivity index (χ2n) is 6.45. The molecule has 4 rings (SSSR count). The van der Waals surface area contributed by atoms with Gasteiger partial charge in [-0.1, -0.05) is 36.4 Å². The van der Waals surface area contributed by atoms with Crippen LogP contribution in [0.1, 0.15) is 11.3 Å². The van der Waals surface area contributed by atoms with Crippen molar-refractivity contribution in [2.75, 3.05) is 17.6 Å². The fraction of sp³-hybridized carbons (Fsp3) is 0.130. The highest BCUT2D eigenvalue weighted by molar-refractivity contribution is 7.98. The number of nitrogens with zero attached hydrogens (tertiary/aromatic N) is 2. The maximum atomic E-state index is 9.55. The van der Waals surface area contributed by atoms with Gasteiger partial charge in [0.15, 0.2) is 0 Å². The number of nitrogens with one attached hydrogen (secondary N) is 1. The summed E-state index contributed by atoms with van der Waals surface area (Å²) in [6.45, 7) is 0.810. The Balaban J connectivity index is 0.000000293. The van der Waals surface area contributed by atoms with Gasteiger partial charge in [-0.2, -0.15) is 11.8 Å². The summed E-state index contributed by atoms with van der Waals surface area (Å²) in [5.41, 5.74) is 3.51. The van der Waals surface area contributed by atoms with Crippen LogP contribution in [-0.4, -0.2) is 45.3 Å². The van der Waals surface area contributed by atoms with Crippen molar-refractivity contribution in [2.45, 2.75) is 5.75 Å². The van der Waals surface area contributed by atoms with E-state index in [1.54, 1.807) is 0 Å². The molecule has 0 fully saturated rings. The maximum Gasteiger partial charge on any atom is 0.328 e. The minimum absolute atomic E-state index is 0.558. The summed E-state index contributed by atoms with van der Waals surface area (Å²) < 4.78 is 0. The van der Waals surface area contributed by atoms with Crippen molar-refractivity contribution in [2.24, 2.45) is 4.99 Å². The van der Waals surface area contributed by atoms with E-state index < -0.39 is 11.9 Å². The molecule has 1 aliphatic rings. The number of aliphatic imine (C=N–C) groups is 1. The molecule has 1 aliphatic heterocycles. The average molecular weight is 436 g/mol. The lowest BCUT2D eigenvalue weighted by Gasteiger charge is -2.02. The zero-order valence-corrected chi connectivity index (χ0v) is 17.4. The third-order valence-electron chi connectivity index (χ3n) is 4.26. The molecule has 0 amide bonds. The predicted octanol–water partition coefficient (Wildman–Crippen LogP) is 4.05. The van der Waals surface area contributed by atoms with E-state index in [1.165, 1.54) is 16.3 Å². The van der Waals surface area contributed by atoms with Gasteiger partial charge in [0.1, 0.15) is 5.84 Å². The Labute approximate surface area is 183 Å². The number of hydrogen-bond acceptors (Lipinski definition) is 5. The quantitative estimate of drug-likeness (QED) is 0.379. The van der Waals surface area contributed by atoms with Gasteiger partial charge < -0.3 is 15.5 Å². The zero-order valence-electron chi connectivity index (χ0n) is 16.6. The standard InChI is InChI=1S/C19H17N3S.C4H4O4/c1-2-10-20-15(7-1)13-23-12-11-21-19-16-8-3-5-14-6-4-9-17(22-19)18(14)16;5-3(6)1-2-4(7)8/h1-10H,11-13H2,(H,21,22);1-2H,(H,5,6)(H,7,8). The molecule has 0 saturated heterocycles. The Morgan fingerprint density at radius 3 is 2.42 bits per heavy atom. The number of carboxylic acids is 2. The molecule has 0 bridgehead atoms. The average Bonchev–Trinajstić information content (AvgIpc) is 3.13. The van der Waals surface area contributed by atoms with E-state index in [9.17, 15) is 9.59 Å². The topological polar surface area (TPSA) is 112 Å². The molecule has 3 aromatic rings. The van der Waals surface area contributed by atoms with Crippen LogP contribution in [0.25, 0.3) is 10.8 Å². The Morgan fingerprint density at radius 2 is 1.74 bits per heavy atom. The van der Waals surface area contributed by atoms with Crippen molar-refractivity contribution >= 4 is 46.0 Å². The summed E-state index contributed by atoms with van der Waals surface area (Å²) >= 11 is 1.87. The van der Waals surface area contributed by atoms with Gasteiger partial charge >= 0.3 is 11.9 Å². The Morgan fingerprint density at radius 1 is 1.00 bits per heavy atom. The van der Waals surface area contributed by atoms with Crippen LogP contribution >= 0.6 is 11.8 Å². The summed E-state index contributed by atoms with van der Waals surface area (Å²) in [6.07, 6.45) is 2.96. The summed E-state index contributed by atoms with van der Waals surface area (Å²) in [6, 6.07) is 18.8. The SMILES string of the molecule is O=C(O)C=CC(=O)O.c1ccc(CSCCN=C2Nc3cccc4cccc2c34)nc1. The van der Waals surface area contributed by atoms with E-state index in [4.69, 9.17) is 15.2 Å². The third kappa shape index (κ3) is 6.42. The number of anilines is 1. The molecule has 1 aromatic heterocycles. The highest BCUT2D eigenvalue weighted by Crippen LogP contribution is 2.32. The number of thioether (sulfide) groups is 1. The van der Waals surface area contributed by atoms with Crippen LogP contribution in [0, 0.1) is 0 Å². The first kappa shape index (κ1) is 22.0. The molecule has 158 valence electrons. The Bertz CT molecular complexity index is 1110. The van der Waals surface area contributed by atoms with Gasteiger partial charge in [0.25, 0.3) is 0 Å². The third-order valence-corrected chi connectivity index (χ3v) is 5.23. The molecular formula is C23H21N3O4S. The van der Waals surface area contributed by atoms with Crippen LogP contribution in [0.3, 0.4) is 0 Å². The van der Waals surface area contributed by atoms with Crippen molar-refractivity contribution in [1.29, 1.82) is 0 Å². The Hall–Kier alpha value is -3.65. The van der Waals surface area contributed by atoms with Crippen LogP contribution in [0.15, 0.2) is 77.9 Å². The van der Waals surface area contributed by atoms with E-state index in [2.05, 4.69) is 52.8 Å². The summed E-state index contributed by atoms with van der Waals surface area (Å²) in [5.74, 6) is 0.415. The lowest BCUT2D eigenvalue weighted by molar-refractivity contribution is -0.134. The molecule has 0 atom stereocenters. The van der Waals surface area contributed by atoms with Gasteiger partial charge in [0, 0.05) is 46.5 Å². The molecule has 2 heterocycles. The molecule has 7 nitrogen and oxygen atoms in total. The van der Waals surface area contributed by atoms with Gasteiger partial charge in [0.2, 0.25) is 0 Å². The van der Waals surface area contributed by atoms with Gasteiger partial charge in [-0.25, -0.2) is 9.59 Å². The van der Waals surface area contributed by atoms with E-state index in [0.717, 1.165) is 35.3 Å². The second kappa shape index (κ2) is 10.9. The number of amidine groups is 1. The van der Waals surface area contributed by atoms with Crippen LogP contribution < -0.4 is 5.32 Å². The monoisotopic (exact) mass is 435 g/mol. The fourth-order valence-corrected chi connectivity index (χ4v) is 3.73. The number of aromatic nitrogens is 1. The van der Waals surface area contributed by atoms with E-state index in [1.807, 2.05) is 30.1 Å². The highest BCUT2D eigenvalue weighted by Gasteiger charge is 2.18. The Kier molecular flexibility index (Phi) is 7.78. The number of rotatable bonds is 7. The van der Waals surface area contributed by atoms with Gasteiger partial charge in [-0.3, -0.25) is 9.98 Å². The first-order valence-electron chi connectivity index (χ1n) is 9.50. The lowest BCUT2D eigenvalue weighted by Crippen LogP contribution is -2.08. The van der Waals surface area contributed by atoms with Gasteiger partial charge in [0.05, 0.1) is 12.2 Å². The number of benzene rings is 2. The molecule has 2 aromatic carbocycles. The maximum absolute atomic E-state index is 9.55. The largest absolute Gasteiger partial charge is 0.478 e. The number of carbonyl (C=O) groups is 2. The minimum atomic E-state index is -1.26. The summed E-state index contributed by atoms with van der Waals surface area (Å²) in [7, 11) is 0. The van der Waals surface area contributed by atoms with Crippen molar-refractivity contribution in [3.05, 3.63) is 84.2 Å². The molecule has 0 saturated carbocycles. The minimum Gasteiger partial charge on any atom is -0.478 e. The molecule has 31 heavy (non-hydrogen) atoms. The highest BCUT2D eigenvalue weighted by atomic mass is 32.2. The molecule has 0 unspecified atom stereocenters. The van der Waals surface area contributed by atoms with Gasteiger partial charge in [-0.15, -0.1) is 0 Å². The number of carboxylic acid groups (broad SMARTS) is 2. The van der Waals surface area contributed by atoms with Crippen LogP contribution in [0.5, 0.6) is 0 Å². The predicted molar refractivity (Wildman–Crippen MR) is 124 cm³/mol. The number of aliphatic carboxylic acids is 2. The van der Waals surface area contributed by atoms with Crippen molar-refractivity contribution < 1.29 is 19.8 Å². The smallest absolute Gasteiger partial charge is 0.328 e. The number of hydrogen-bond donors (Lipinski definition) is 3. The number of pyridine rings is 1. The summed E-state index contributed by atoms with van der Waals surface area (Å²) in [5, 5.41) is 21.6. The zero-order chi connectivity index (χ0) is 22.1. The van der Waals surface area contributed by atoms with Crippen molar-refractivity contribution in [1.82, 2.24) is 4.98 Å². The molecule has 0 spiro atoms. The second-order valence-corrected chi connectivity index (χ2v) is 7.55. The first-order chi connectivity index (χ1) is 15.0. The van der Waals surface area contributed by atoms with E-state index >= 15 is 0 Å². The summed E-state index contributed by atoms with van der Waals surface area (Å²) in [4.78, 5) is 28.2. The van der Waals surface area contributed by atoms with Gasteiger partial charge in [-0.05, 0) is 23.6 Å². The van der Waals surface area contributed by atoms with E-state index in [-0.39, 0.29) is 0 Å². The molecule has 0 aliphatic carbocycles. The molecule has 3 N–H and O–H groups in total. The first-order valence-corrected chi connectivity index (χ1v) is 10.7. The van der Waals surface area contributed by atoms with Crippen molar-refractivity contribution in [3.63, 3.8) is 0 Å². The molecule has 0 radical (unpaired) electrons. The van der Waals surface area contributed by atoms with Crippen LogP contribution in [0.2, 0.25) is 0 Å². The van der Waals surface area contributed by atoms with Crippen molar-refractivity contribution in [3.8, 4) is 0 Å². The van der Waals surface area contributed by atoms with Crippen LogP contribution in [-0.2, 0) is 15.3 Å². The normalized spacial score (nSPS) is 13.1. The van der Waals surface area contributed by atoms with Crippen LogP contribution in [0.4, 0.5) is 5.69 Å². The lowest BCUT2D eigenvalue weighted by atomic mass is 10.1. The molecule has 8 heteroatoms. The molecular weight excluding hydrogens is 414 g/mol. The van der Waals surface area contributed by atoms with E-state index in [0.29, 0.717) is 12.2 Å².